The molecule has 0 spiro atoms. The maximum atomic E-state index is 12.6. The third kappa shape index (κ3) is 5.76. The lowest BCUT2D eigenvalue weighted by Crippen LogP contribution is -2.52. The minimum absolute atomic E-state index is 0.0574. The van der Waals surface area contributed by atoms with E-state index >= 15 is 0 Å². The molecule has 2 heterocycles. The molecule has 2 N–H and O–H groups in total. The molecule has 0 aliphatic carbocycles. The van der Waals surface area contributed by atoms with Crippen LogP contribution in [0.3, 0.4) is 0 Å². The third-order valence-corrected chi connectivity index (χ3v) is 4.25. The first-order valence-electron chi connectivity index (χ1n) is 8.44. The van der Waals surface area contributed by atoms with E-state index in [4.69, 9.17) is 4.74 Å². The summed E-state index contributed by atoms with van der Waals surface area (Å²) in [5.74, 6) is -0.762. The normalized spacial score (nSPS) is 21.2. The summed E-state index contributed by atoms with van der Waals surface area (Å²) in [6, 6.07) is 2.48. The molecule has 0 unspecified atom stereocenters. The summed E-state index contributed by atoms with van der Waals surface area (Å²) in [4.78, 5) is 16.3. The second-order valence-corrected chi connectivity index (χ2v) is 7.08. The Balaban J connectivity index is 1.98. The van der Waals surface area contributed by atoms with Gasteiger partial charge in [0.15, 0.2) is 5.75 Å². The van der Waals surface area contributed by atoms with Crippen LogP contribution in [-0.4, -0.2) is 43.0 Å². The largest absolute Gasteiger partial charge is 0.573 e. The highest BCUT2D eigenvalue weighted by molar-refractivity contribution is 5.82. The van der Waals surface area contributed by atoms with Crippen LogP contribution in [0.1, 0.15) is 27.2 Å². The van der Waals surface area contributed by atoms with Gasteiger partial charge in [-0.25, -0.2) is 4.98 Å². The first kappa shape index (κ1) is 20.3. The number of nitrogens with one attached hydrogen (secondary N) is 2. The lowest BCUT2D eigenvalue weighted by Gasteiger charge is -2.33. The zero-order valence-corrected chi connectivity index (χ0v) is 15.0. The van der Waals surface area contributed by atoms with Crippen LogP contribution in [0.5, 0.6) is 11.6 Å². The van der Waals surface area contributed by atoms with E-state index in [1.54, 1.807) is 13.8 Å². The molecule has 0 bridgehead atoms. The Bertz CT molecular complexity index is 623. The molecule has 2 atom stereocenters. The van der Waals surface area contributed by atoms with Crippen LogP contribution in [-0.2, 0) is 4.79 Å². The first-order valence-corrected chi connectivity index (χ1v) is 8.44. The number of amides is 1. The number of piperidine rings is 1. The summed E-state index contributed by atoms with van der Waals surface area (Å²) < 4.78 is 46.6. The van der Waals surface area contributed by atoms with E-state index in [2.05, 4.69) is 27.3 Å². The molecule has 9 heteroatoms. The number of hydrogen-bond acceptors (Lipinski definition) is 5. The Labute approximate surface area is 150 Å². The number of hydrogen-bond donors (Lipinski definition) is 2. The first-order chi connectivity index (χ1) is 12.1. The zero-order chi connectivity index (χ0) is 19.4. The minimum atomic E-state index is -4.85. The van der Waals surface area contributed by atoms with Crippen LogP contribution < -0.4 is 20.1 Å². The van der Waals surface area contributed by atoms with Crippen molar-refractivity contribution in [2.75, 3.05) is 19.7 Å². The Hall–Kier alpha value is -2.03. The number of ether oxygens (including phenoxy) is 2. The number of nitrogens with zero attached hydrogens (tertiary/aromatic N) is 1. The number of halogens is 3. The maximum absolute atomic E-state index is 12.6. The molecule has 1 fully saturated rings. The molecule has 26 heavy (non-hydrogen) atoms. The van der Waals surface area contributed by atoms with Crippen molar-refractivity contribution in [3.8, 4) is 11.6 Å². The molecule has 146 valence electrons. The molecule has 0 saturated carbocycles. The van der Waals surface area contributed by atoms with E-state index in [0.717, 1.165) is 25.6 Å². The second kappa shape index (κ2) is 8.11. The van der Waals surface area contributed by atoms with Gasteiger partial charge in [-0.05, 0) is 51.4 Å². The quantitative estimate of drug-likeness (QED) is 0.799. The average Bonchev–Trinajstić information content (AvgIpc) is 2.54. The van der Waals surface area contributed by atoms with Crippen LogP contribution in [0.4, 0.5) is 13.2 Å². The van der Waals surface area contributed by atoms with E-state index in [1.807, 2.05) is 0 Å². The summed E-state index contributed by atoms with van der Waals surface area (Å²) in [7, 11) is 0. The highest BCUT2D eigenvalue weighted by Gasteiger charge is 2.35. The van der Waals surface area contributed by atoms with Crippen molar-refractivity contribution in [3.05, 3.63) is 18.3 Å². The van der Waals surface area contributed by atoms with Crippen LogP contribution in [0.15, 0.2) is 18.3 Å². The molecule has 1 saturated heterocycles. The monoisotopic (exact) mass is 375 g/mol. The van der Waals surface area contributed by atoms with Gasteiger partial charge in [0.05, 0.1) is 5.41 Å². The van der Waals surface area contributed by atoms with Gasteiger partial charge in [0.25, 0.3) is 5.88 Å². The summed E-state index contributed by atoms with van der Waals surface area (Å²) in [6.45, 7) is 6.91. The van der Waals surface area contributed by atoms with Crippen molar-refractivity contribution in [2.45, 2.75) is 39.6 Å². The van der Waals surface area contributed by atoms with Crippen LogP contribution >= 0.6 is 0 Å². The Kier molecular flexibility index (Phi) is 6.33. The fraction of sp³-hybridized carbons (Fsp3) is 0.647. The van der Waals surface area contributed by atoms with Gasteiger partial charge in [0, 0.05) is 12.2 Å². The predicted octanol–water partition coefficient (Wildman–Crippen LogP) is 2.50. The van der Waals surface area contributed by atoms with Crippen molar-refractivity contribution in [2.24, 2.45) is 11.3 Å². The van der Waals surface area contributed by atoms with Crippen molar-refractivity contribution in [1.29, 1.82) is 0 Å². The van der Waals surface area contributed by atoms with Gasteiger partial charge in [-0.3, -0.25) is 4.79 Å². The molecule has 1 aromatic rings. The van der Waals surface area contributed by atoms with Gasteiger partial charge in [-0.1, -0.05) is 6.92 Å². The molecular formula is C17H24F3N3O3. The van der Waals surface area contributed by atoms with Crippen molar-refractivity contribution in [3.63, 3.8) is 0 Å². The van der Waals surface area contributed by atoms with Crippen molar-refractivity contribution < 1.29 is 27.4 Å². The van der Waals surface area contributed by atoms with E-state index in [-0.39, 0.29) is 24.4 Å². The van der Waals surface area contributed by atoms with Crippen LogP contribution in [0, 0.1) is 11.3 Å². The lowest BCUT2D eigenvalue weighted by molar-refractivity contribution is -0.275. The molecule has 1 aliphatic heterocycles. The third-order valence-electron chi connectivity index (χ3n) is 4.25. The van der Waals surface area contributed by atoms with E-state index in [9.17, 15) is 18.0 Å². The van der Waals surface area contributed by atoms with E-state index in [0.29, 0.717) is 5.92 Å². The van der Waals surface area contributed by atoms with Gasteiger partial charge in [0.1, 0.15) is 6.61 Å². The van der Waals surface area contributed by atoms with Crippen LogP contribution in [0.2, 0.25) is 0 Å². The Morgan fingerprint density at radius 2 is 2.15 bits per heavy atom. The molecule has 1 aromatic heterocycles. The number of alkyl halides is 3. The highest BCUT2D eigenvalue weighted by Crippen LogP contribution is 2.31. The number of aromatic nitrogens is 1. The highest BCUT2D eigenvalue weighted by atomic mass is 19.4. The molecule has 1 amide bonds. The van der Waals surface area contributed by atoms with Gasteiger partial charge in [-0.15, -0.1) is 13.2 Å². The second-order valence-electron chi connectivity index (χ2n) is 7.08. The van der Waals surface area contributed by atoms with Gasteiger partial charge >= 0.3 is 6.36 Å². The molecular weight excluding hydrogens is 351 g/mol. The topological polar surface area (TPSA) is 72.5 Å². The Morgan fingerprint density at radius 3 is 2.81 bits per heavy atom. The maximum Gasteiger partial charge on any atom is 0.573 e. The van der Waals surface area contributed by atoms with Crippen molar-refractivity contribution >= 4 is 5.91 Å². The van der Waals surface area contributed by atoms with Crippen molar-refractivity contribution in [1.82, 2.24) is 15.6 Å². The van der Waals surface area contributed by atoms with E-state index in [1.165, 1.54) is 12.3 Å². The molecule has 0 aromatic carbocycles. The van der Waals surface area contributed by atoms with E-state index < -0.39 is 17.5 Å². The lowest BCUT2D eigenvalue weighted by atomic mass is 9.90. The smallest absolute Gasteiger partial charge is 0.474 e. The van der Waals surface area contributed by atoms with Gasteiger partial charge in [0.2, 0.25) is 5.91 Å². The number of pyridine rings is 1. The average molecular weight is 375 g/mol. The Morgan fingerprint density at radius 1 is 1.42 bits per heavy atom. The van der Waals surface area contributed by atoms with Crippen LogP contribution in [0.25, 0.3) is 0 Å². The summed E-state index contributed by atoms with van der Waals surface area (Å²) in [5.41, 5.74) is -0.947. The molecule has 0 radical (unpaired) electrons. The standard InChI is InChI=1S/C17H24F3N3O3/c1-11-9-21-8-6-12(11)23-15(24)16(2,3)10-25-14-13(5-4-7-22-14)26-17(18,19)20/h4-5,7,11-12,21H,6,8-10H2,1-3H3,(H,23,24)/t11-,12-/m0/s1. The SMILES string of the molecule is C[C@H]1CNCC[C@@H]1NC(=O)C(C)(C)COc1ncccc1OC(F)(F)F. The zero-order valence-electron chi connectivity index (χ0n) is 15.0. The summed E-state index contributed by atoms with van der Waals surface area (Å²) in [5, 5.41) is 6.27. The molecule has 6 nitrogen and oxygen atoms in total. The number of rotatable bonds is 6. The fourth-order valence-corrected chi connectivity index (χ4v) is 2.59. The van der Waals surface area contributed by atoms with Gasteiger partial charge in [-0.2, -0.15) is 0 Å². The summed E-state index contributed by atoms with van der Waals surface area (Å²) in [6.07, 6.45) is -2.73. The molecule has 2 rings (SSSR count). The summed E-state index contributed by atoms with van der Waals surface area (Å²) >= 11 is 0. The van der Waals surface area contributed by atoms with Gasteiger partial charge < -0.3 is 20.1 Å². The number of carbonyl (C=O) groups excluding carboxylic acids is 1. The minimum Gasteiger partial charge on any atom is -0.474 e. The fourth-order valence-electron chi connectivity index (χ4n) is 2.59. The predicted molar refractivity (Wildman–Crippen MR) is 88.8 cm³/mol. The molecule has 1 aliphatic rings. The number of carbonyl (C=O) groups is 1.